The van der Waals surface area contributed by atoms with Crippen molar-refractivity contribution in [2.75, 3.05) is 26.8 Å². The molecule has 2 unspecified atom stereocenters. The normalized spacial score (nSPS) is 20.3. The van der Waals surface area contributed by atoms with Gasteiger partial charge in [0.25, 0.3) is 0 Å². The highest BCUT2D eigenvalue weighted by Gasteiger charge is 2.31. The SMILES string of the molecule is COCCn1c(-c2cccc(S(=O)(=O)N3CC(C)CC(C)C3)c2)csc1=Nc1ccccc1. The first kappa shape index (κ1) is 23.9. The summed E-state index contributed by atoms with van der Waals surface area (Å²) in [6.07, 6.45) is 1.06. The summed E-state index contributed by atoms with van der Waals surface area (Å²) in [4.78, 5) is 5.99. The lowest BCUT2D eigenvalue weighted by Crippen LogP contribution is -2.42. The Balaban J connectivity index is 1.73. The zero-order valence-electron chi connectivity index (χ0n) is 19.3. The van der Waals surface area contributed by atoms with E-state index in [1.54, 1.807) is 23.5 Å². The van der Waals surface area contributed by atoms with Crippen molar-refractivity contribution in [1.29, 1.82) is 0 Å². The molecule has 1 saturated heterocycles. The first-order chi connectivity index (χ1) is 15.9. The van der Waals surface area contributed by atoms with Gasteiger partial charge in [-0.15, -0.1) is 11.3 Å². The van der Waals surface area contributed by atoms with Gasteiger partial charge in [0.05, 0.1) is 22.9 Å². The topological polar surface area (TPSA) is 63.9 Å². The number of thiazole rings is 1. The van der Waals surface area contributed by atoms with E-state index >= 15 is 0 Å². The maximum absolute atomic E-state index is 13.4. The number of rotatable bonds is 7. The van der Waals surface area contributed by atoms with Crippen LogP contribution in [0.5, 0.6) is 0 Å². The van der Waals surface area contributed by atoms with Crippen molar-refractivity contribution in [3.8, 4) is 11.3 Å². The summed E-state index contributed by atoms with van der Waals surface area (Å²) in [5, 5.41) is 2.04. The minimum Gasteiger partial charge on any atom is -0.383 e. The summed E-state index contributed by atoms with van der Waals surface area (Å²) in [5.41, 5.74) is 2.67. The van der Waals surface area contributed by atoms with Crippen molar-refractivity contribution in [3.05, 3.63) is 64.8 Å². The lowest BCUT2D eigenvalue weighted by Gasteiger charge is -2.34. The molecular formula is C25H31N3O3S2. The third kappa shape index (κ3) is 5.46. The molecule has 176 valence electrons. The number of sulfonamides is 1. The Kier molecular flexibility index (Phi) is 7.48. The summed E-state index contributed by atoms with van der Waals surface area (Å²) in [7, 11) is -1.88. The van der Waals surface area contributed by atoms with Crippen LogP contribution in [0.2, 0.25) is 0 Å². The monoisotopic (exact) mass is 485 g/mol. The van der Waals surface area contributed by atoms with E-state index in [1.807, 2.05) is 47.8 Å². The molecule has 0 radical (unpaired) electrons. The van der Waals surface area contributed by atoms with Crippen LogP contribution >= 0.6 is 11.3 Å². The van der Waals surface area contributed by atoms with Crippen molar-refractivity contribution in [3.63, 3.8) is 0 Å². The minimum absolute atomic E-state index is 0.340. The van der Waals surface area contributed by atoms with E-state index in [0.717, 1.165) is 28.2 Å². The average Bonchev–Trinajstić information content (AvgIpc) is 3.20. The molecule has 1 aromatic heterocycles. The van der Waals surface area contributed by atoms with E-state index in [0.29, 0.717) is 43.0 Å². The van der Waals surface area contributed by atoms with Gasteiger partial charge in [0.1, 0.15) is 0 Å². The number of ether oxygens (including phenoxy) is 1. The summed E-state index contributed by atoms with van der Waals surface area (Å²) in [6.45, 7) is 6.55. The first-order valence-corrected chi connectivity index (χ1v) is 13.6. The number of benzene rings is 2. The summed E-state index contributed by atoms with van der Waals surface area (Å²) in [6, 6.07) is 17.1. The molecule has 2 atom stereocenters. The molecule has 2 aromatic carbocycles. The third-order valence-electron chi connectivity index (χ3n) is 5.90. The van der Waals surface area contributed by atoms with Crippen LogP contribution in [0.15, 0.2) is 69.9 Å². The Morgan fingerprint density at radius 1 is 1.06 bits per heavy atom. The van der Waals surface area contributed by atoms with Crippen molar-refractivity contribution >= 4 is 27.0 Å². The van der Waals surface area contributed by atoms with Gasteiger partial charge in [0.15, 0.2) is 4.80 Å². The van der Waals surface area contributed by atoms with Gasteiger partial charge in [-0.1, -0.05) is 44.2 Å². The quantitative estimate of drug-likeness (QED) is 0.485. The molecule has 6 nitrogen and oxygen atoms in total. The zero-order chi connectivity index (χ0) is 23.4. The Morgan fingerprint density at radius 2 is 1.79 bits per heavy atom. The van der Waals surface area contributed by atoms with Crippen molar-refractivity contribution in [2.45, 2.75) is 31.7 Å². The highest BCUT2D eigenvalue weighted by atomic mass is 32.2. The molecular weight excluding hydrogens is 454 g/mol. The van der Waals surface area contributed by atoms with Crippen molar-refractivity contribution in [1.82, 2.24) is 8.87 Å². The number of hydrogen-bond acceptors (Lipinski definition) is 5. The summed E-state index contributed by atoms with van der Waals surface area (Å²) >= 11 is 1.54. The number of methoxy groups -OCH3 is 1. The molecule has 0 N–H and O–H groups in total. The Bertz CT molecular complexity index is 1240. The molecule has 2 heterocycles. The van der Waals surface area contributed by atoms with Gasteiger partial charge in [-0.05, 0) is 42.5 Å². The van der Waals surface area contributed by atoms with Crippen LogP contribution in [0.1, 0.15) is 20.3 Å². The van der Waals surface area contributed by atoms with E-state index in [1.165, 1.54) is 11.3 Å². The largest absolute Gasteiger partial charge is 0.383 e. The number of para-hydroxylation sites is 1. The molecule has 4 rings (SSSR count). The number of hydrogen-bond donors (Lipinski definition) is 0. The molecule has 33 heavy (non-hydrogen) atoms. The maximum Gasteiger partial charge on any atom is 0.243 e. The lowest BCUT2D eigenvalue weighted by atomic mass is 9.94. The molecule has 1 fully saturated rings. The van der Waals surface area contributed by atoms with E-state index in [-0.39, 0.29) is 0 Å². The molecule has 1 aliphatic heterocycles. The third-order valence-corrected chi connectivity index (χ3v) is 8.59. The molecule has 0 amide bonds. The lowest BCUT2D eigenvalue weighted by molar-refractivity contribution is 0.187. The maximum atomic E-state index is 13.4. The van der Waals surface area contributed by atoms with Crippen LogP contribution in [0.25, 0.3) is 11.3 Å². The molecule has 0 aliphatic carbocycles. The predicted molar refractivity (Wildman–Crippen MR) is 133 cm³/mol. The molecule has 0 spiro atoms. The van der Waals surface area contributed by atoms with Crippen LogP contribution in [0.4, 0.5) is 5.69 Å². The fourth-order valence-electron chi connectivity index (χ4n) is 4.43. The first-order valence-electron chi connectivity index (χ1n) is 11.3. The van der Waals surface area contributed by atoms with E-state index in [4.69, 9.17) is 9.73 Å². The molecule has 0 bridgehead atoms. The van der Waals surface area contributed by atoms with Gasteiger partial charge < -0.3 is 9.30 Å². The highest BCUT2D eigenvalue weighted by molar-refractivity contribution is 7.89. The van der Waals surface area contributed by atoms with Gasteiger partial charge in [-0.25, -0.2) is 13.4 Å². The fraction of sp³-hybridized carbons (Fsp3) is 0.400. The van der Waals surface area contributed by atoms with Gasteiger partial charge in [-0.3, -0.25) is 0 Å². The van der Waals surface area contributed by atoms with Crippen LogP contribution in [0, 0.1) is 11.8 Å². The Hall–Kier alpha value is -2.26. The second-order valence-corrected chi connectivity index (χ2v) is 11.6. The van der Waals surface area contributed by atoms with Crippen molar-refractivity contribution < 1.29 is 13.2 Å². The summed E-state index contributed by atoms with van der Waals surface area (Å²) in [5.74, 6) is 0.726. The molecule has 0 saturated carbocycles. The van der Waals surface area contributed by atoms with Gasteiger partial charge in [0, 0.05) is 37.7 Å². The second-order valence-electron chi connectivity index (χ2n) is 8.79. The van der Waals surface area contributed by atoms with E-state index in [9.17, 15) is 8.42 Å². The minimum atomic E-state index is -3.55. The smallest absolute Gasteiger partial charge is 0.243 e. The fourth-order valence-corrected chi connectivity index (χ4v) is 7.11. The molecule has 8 heteroatoms. The van der Waals surface area contributed by atoms with Crippen LogP contribution in [-0.2, 0) is 21.3 Å². The number of piperidine rings is 1. The van der Waals surface area contributed by atoms with E-state index < -0.39 is 10.0 Å². The van der Waals surface area contributed by atoms with E-state index in [2.05, 4.69) is 18.4 Å². The highest BCUT2D eigenvalue weighted by Crippen LogP contribution is 2.29. The number of aromatic nitrogens is 1. The average molecular weight is 486 g/mol. The second kappa shape index (κ2) is 10.3. The van der Waals surface area contributed by atoms with Crippen LogP contribution < -0.4 is 4.80 Å². The summed E-state index contributed by atoms with van der Waals surface area (Å²) < 4.78 is 36.0. The van der Waals surface area contributed by atoms with Gasteiger partial charge in [-0.2, -0.15) is 4.31 Å². The standard InChI is InChI=1S/C25H31N3O3S2/c1-19-14-20(2)17-27(16-19)33(29,30)23-11-7-8-21(15-23)24-18-32-25(28(24)12-13-31-3)26-22-9-5-4-6-10-22/h4-11,15,18-20H,12-14,16-17H2,1-3H3. The van der Waals surface area contributed by atoms with Crippen molar-refractivity contribution in [2.24, 2.45) is 16.8 Å². The Labute approximate surface area is 200 Å². The Morgan fingerprint density at radius 3 is 2.48 bits per heavy atom. The van der Waals surface area contributed by atoms with Gasteiger partial charge in [0.2, 0.25) is 10.0 Å². The van der Waals surface area contributed by atoms with Crippen LogP contribution in [-0.4, -0.2) is 44.1 Å². The predicted octanol–water partition coefficient (Wildman–Crippen LogP) is 4.76. The van der Waals surface area contributed by atoms with Crippen LogP contribution in [0.3, 0.4) is 0 Å². The molecule has 3 aromatic rings. The zero-order valence-corrected chi connectivity index (χ0v) is 21.0. The molecule has 1 aliphatic rings. The van der Waals surface area contributed by atoms with Gasteiger partial charge >= 0.3 is 0 Å². The number of nitrogens with zero attached hydrogens (tertiary/aromatic N) is 3.